The van der Waals surface area contributed by atoms with Gasteiger partial charge in [0.25, 0.3) is 0 Å². The van der Waals surface area contributed by atoms with Crippen molar-refractivity contribution in [3.63, 3.8) is 0 Å². The Kier molecular flexibility index (Phi) is 2.86. The van der Waals surface area contributed by atoms with E-state index in [9.17, 15) is 18.0 Å². The van der Waals surface area contributed by atoms with Crippen molar-refractivity contribution in [3.8, 4) is 11.1 Å². The Morgan fingerprint density at radius 2 is 1.67 bits per heavy atom. The highest BCUT2D eigenvalue weighted by atomic mass is 19.4. The third-order valence-corrected chi connectivity index (χ3v) is 3.27. The number of benzene rings is 2. The van der Waals surface area contributed by atoms with E-state index in [1.54, 1.807) is 30.3 Å². The lowest BCUT2D eigenvalue weighted by Gasteiger charge is -2.13. The van der Waals surface area contributed by atoms with Crippen LogP contribution in [-0.2, 0) is 10.9 Å². The van der Waals surface area contributed by atoms with Crippen molar-refractivity contribution in [2.45, 2.75) is 6.18 Å². The molecule has 0 fully saturated rings. The zero-order valence-electron chi connectivity index (χ0n) is 10.7. The van der Waals surface area contributed by atoms with Crippen molar-refractivity contribution < 1.29 is 22.7 Å². The average Bonchev–Trinajstić information content (AvgIpc) is 2.73. The molecule has 5 heteroatoms. The molecule has 0 atom stereocenters. The zero-order chi connectivity index (χ0) is 15.2. The highest BCUT2D eigenvalue weighted by Gasteiger charge is 2.40. The molecule has 0 radical (unpaired) electrons. The van der Waals surface area contributed by atoms with Gasteiger partial charge in [-0.15, -0.1) is 0 Å². The predicted octanol–water partition coefficient (Wildman–Crippen LogP) is 4.51. The summed E-state index contributed by atoms with van der Waals surface area (Å²) in [6.07, 6.45) is -4.59. The second-order valence-corrected chi connectivity index (χ2v) is 4.62. The number of halogens is 3. The Balaban J connectivity index is 2.30. The molecule has 106 valence electrons. The minimum Gasteiger partial charge on any atom is -0.423 e. The lowest BCUT2D eigenvalue weighted by atomic mass is 9.94. The SMILES string of the molecule is C=C1OC(=O)c2cc(-c3ccccc3)cc(C(F)(F)F)c21. The Morgan fingerprint density at radius 1 is 1.00 bits per heavy atom. The zero-order valence-corrected chi connectivity index (χ0v) is 10.7. The number of fused-ring (bicyclic) bond motifs is 1. The Morgan fingerprint density at radius 3 is 2.29 bits per heavy atom. The summed E-state index contributed by atoms with van der Waals surface area (Å²) in [4.78, 5) is 11.7. The van der Waals surface area contributed by atoms with Crippen LogP contribution in [0.1, 0.15) is 21.5 Å². The standard InChI is InChI=1S/C16H9F3O2/c1-9-14-12(15(20)21-9)7-11(8-13(14)16(17,18)19)10-5-3-2-4-6-10/h2-8H,1H2. The van der Waals surface area contributed by atoms with Crippen LogP contribution in [0, 0.1) is 0 Å². The van der Waals surface area contributed by atoms with Crippen molar-refractivity contribution >= 4 is 11.7 Å². The van der Waals surface area contributed by atoms with Crippen LogP contribution in [0.15, 0.2) is 49.0 Å². The van der Waals surface area contributed by atoms with E-state index < -0.39 is 17.7 Å². The van der Waals surface area contributed by atoms with Gasteiger partial charge in [-0.2, -0.15) is 13.2 Å². The van der Waals surface area contributed by atoms with E-state index in [-0.39, 0.29) is 16.9 Å². The van der Waals surface area contributed by atoms with E-state index in [1.807, 2.05) is 0 Å². The molecular weight excluding hydrogens is 281 g/mol. The molecule has 1 aliphatic rings. The fraction of sp³-hybridized carbons (Fsp3) is 0.0625. The first-order chi connectivity index (χ1) is 9.88. The maximum atomic E-state index is 13.2. The summed E-state index contributed by atoms with van der Waals surface area (Å²) in [5.74, 6) is -1.07. The van der Waals surface area contributed by atoms with Crippen molar-refractivity contribution in [1.29, 1.82) is 0 Å². The van der Waals surface area contributed by atoms with E-state index in [4.69, 9.17) is 4.74 Å². The number of hydrogen-bond donors (Lipinski definition) is 0. The number of esters is 1. The Labute approximate surface area is 118 Å². The number of carbonyl (C=O) groups is 1. The van der Waals surface area contributed by atoms with Crippen LogP contribution >= 0.6 is 0 Å². The summed E-state index contributed by atoms with van der Waals surface area (Å²) < 4.78 is 44.4. The molecule has 0 saturated carbocycles. The van der Waals surface area contributed by atoms with E-state index in [0.717, 1.165) is 6.07 Å². The van der Waals surface area contributed by atoms with Gasteiger partial charge in [0, 0.05) is 5.56 Å². The molecule has 1 heterocycles. The van der Waals surface area contributed by atoms with E-state index in [2.05, 4.69) is 6.58 Å². The van der Waals surface area contributed by atoms with Gasteiger partial charge in [-0.25, -0.2) is 4.79 Å². The van der Waals surface area contributed by atoms with Crippen molar-refractivity contribution in [2.24, 2.45) is 0 Å². The largest absolute Gasteiger partial charge is 0.423 e. The summed E-state index contributed by atoms with van der Waals surface area (Å²) in [6, 6.07) is 11.0. The molecule has 2 aromatic carbocycles. The molecule has 0 saturated heterocycles. The highest BCUT2D eigenvalue weighted by molar-refractivity contribution is 6.04. The molecule has 3 rings (SSSR count). The van der Waals surface area contributed by atoms with E-state index in [0.29, 0.717) is 11.1 Å². The van der Waals surface area contributed by atoms with Gasteiger partial charge in [0.1, 0.15) is 5.76 Å². The maximum Gasteiger partial charge on any atom is 0.417 e. The number of cyclic esters (lactones) is 1. The molecular formula is C16H9F3O2. The van der Waals surface area contributed by atoms with Gasteiger partial charge in [-0.1, -0.05) is 36.9 Å². The summed E-state index contributed by atoms with van der Waals surface area (Å²) in [5, 5.41) is 0. The lowest BCUT2D eigenvalue weighted by Crippen LogP contribution is -2.09. The maximum absolute atomic E-state index is 13.2. The molecule has 0 unspecified atom stereocenters. The summed E-state index contributed by atoms with van der Waals surface area (Å²) >= 11 is 0. The van der Waals surface area contributed by atoms with Crippen LogP contribution in [0.3, 0.4) is 0 Å². The third-order valence-electron chi connectivity index (χ3n) is 3.27. The number of ether oxygens (including phenoxy) is 1. The average molecular weight is 290 g/mol. The summed E-state index contributed by atoms with van der Waals surface area (Å²) in [7, 11) is 0. The summed E-state index contributed by atoms with van der Waals surface area (Å²) in [6.45, 7) is 3.38. The molecule has 2 nitrogen and oxygen atoms in total. The number of hydrogen-bond acceptors (Lipinski definition) is 2. The Hall–Kier alpha value is -2.56. The summed E-state index contributed by atoms with van der Waals surface area (Å²) in [5.41, 5.74) is -0.375. The van der Waals surface area contributed by atoms with Gasteiger partial charge < -0.3 is 4.74 Å². The normalized spacial score (nSPS) is 14.0. The first-order valence-electron chi connectivity index (χ1n) is 6.10. The van der Waals surface area contributed by atoms with Crippen molar-refractivity contribution in [3.05, 3.63) is 65.7 Å². The highest BCUT2D eigenvalue weighted by Crippen LogP contribution is 2.42. The van der Waals surface area contributed by atoms with E-state index in [1.165, 1.54) is 6.07 Å². The monoisotopic (exact) mass is 290 g/mol. The van der Waals surface area contributed by atoms with E-state index >= 15 is 0 Å². The quantitative estimate of drug-likeness (QED) is 0.722. The second-order valence-electron chi connectivity index (χ2n) is 4.62. The third kappa shape index (κ3) is 2.20. The molecule has 2 aromatic rings. The Bertz CT molecular complexity index is 746. The fourth-order valence-corrected chi connectivity index (χ4v) is 2.34. The van der Waals surface area contributed by atoms with Crippen LogP contribution in [0.4, 0.5) is 13.2 Å². The van der Waals surface area contributed by atoms with Gasteiger partial charge in [0.05, 0.1) is 11.1 Å². The number of alkyl halides is 3. The van der Waals surface area contributed by atoms with Crippen LogP contribution in [0.2, 0.25) is 0 Å². The van der Waals surface area contributed by atoms with Crippen LogP contribution in [0.5, 0.6) is 0 Å². The van der Waals surface area contributed by atoms with Gasteiger partial charge >= 0.3 is 12.1 Å². The topological polar surface area (TPSA) is 26.3 Å². The minimum atomic E-state index is -4.59. The second kappa shape index (κ2) is 4.48. The molecule has 0 aromatic heterocycles. The molecule has 0 amide bonds. The van der Waals surface area contributed by atoms with Gasteiger partial charge in [0.15, 0.2) is 0 Å². The predicted molar refractivity (Wildman–Crippen MR) is 71.3 cm³/mol. The van der Waals surface area contributed by atoms with Crippen LogP contribution in [-0.4, -0.2) is 5.97 Å². The number of rotatable bonds is 1. The van der Waals surface area contributed by atoms with Gasteiger partial charge in [-0.3, -0.25) is 0 Å². The lowest BCUT2D eigenvalue weighted by molar-refractivity contribution is -0.137. The first kappa shape index (κ1) is 13.4. The molecule has 0 aliphatic carbocycles. The van der Waals surface area contributed by atoms with Gasteiger partial charge in [0.2, 0.25) is 0 Å². The first-order valence-corrected chi connectivity index (χ1v) is 6.10. The molecule has 0 spiro atoms. The van der Waals surface area contributed by atoms with Crippen LogP contribution in [0.25, 0.3) is 16.9 Å². The molecule has 21 heavy (non-hydrogen) atoms. The smallest absolute Gasteiger partial charge is 0.417 e. The van der Waals surface area contributed by atoms with Crippen molar-refractivity contribution in [1.82, 2.24) is 0 Å². The fourth-order valence-electron chi connectivity index (χ4n) is 2.34. The van der Waals surface area contributed by atoms with Crippen LogP contribution < -0.4 is 0 Å². The molecule has 1 aliphatic heterocycles. The van der Waals surface area contributed by atoms with Crippen molar-refractivity contribution in [2.75, 3.05) is 0 Å². The number of carbonyl (C=O) groups excluding carboxylic acids is 1. The van der Waals surface area contributed by atoms with Gasteiger partial charge in [-0.05, 0) is 23.3 Å². The minimum absolute atomic E-state index is 0.103. The molecule has 0 N–H and O–H groups in total. The molecule has 0 bridgehead atoms.